The number of urea groups is 1. The Morgan fingerprint density at radius 1 is 1.24 bits per heavy atom. The lowest BCUT2D eigenvalue weighted by Crippen LogP contribution is -2.55. The maximum absolute atomic E-state index is 12.2. The van der Waals surface area contributed by atoms with Gasteiger partial charge in [-0.25, -0.2) is 4.79 Å². The molecule has 0 aromatic heterocycles. The van der Waals surface area contributed by atoms with Gasteiger partial charge in [-0.05, 0) is 39.0 Å². The highest BCUT2D eigenvalue weighted by Crippen LogP contribution is 2.21. The van der Waals surface area contributed by atoms with E-state index in [1.165, 1.54) is 19.3 Å². The standard InChI is InChI=1S/C13H25N3O/c1-10(14)12-8-4-5-9-16(12)13(17)15-11-6-2-3-7-11/h10-12H,2-9,14H2,1H3,(H,15,17). The minimum Gasteiger partial charge on any atom is -0.335 e. The fourth-order valence-electron chi connectivity index (χ4n) is 3.08. The fourth-order valence-corrected chi connectivity index (χ4v) is 3.08. The van der Waals surface area contributed by atoms with Crippen molar-refractivity contribution in [1.29, 1.82) is 0 Å². The van der Waals surface area contributed by atoms with Crippen LogP contribution < -0.4 is 11.1 Å². The molecule has 4 nitrogen and oxygen atoms in total. The van der Waals surface area contributed by atoms with E-state index in [-0.39, 0.29) is 18.1 Å². The Labute approximate surface area is 104 Å². The zero-order valence-corrected chi connectivity index (χ0v) is 10.8. The maximum Gasteiger partial charge on any atom is 0.317 e. The third-order valence-electron chi connectivity index (χ3n) is 4.10. The Morgan fingerprint density at radius 2 is 1.88 bits per heavy atom. The Balaban J connectivity index is 1.90. The number of piperidine rings is 1. The van der Waals surface area contributed by atoms with Gasteiger partial charge in [0.1, 0.15) is 0 Å². The van der Waals surface area contributed by atoms with Gasteiger partial charge >= 0.3 is 6.03 Å². The van der Waals surface area contributed by atoms with Crippen LogP contribution in [0.15, 0.2) is 0 Å². The molecule has 2 amide bonds. The molecule has 0 radical (unpaired) electrons. The van der Waals surface area contributed by atoms with Crippen LogP contribution in [0.4, 0.5) is 4.79 Å². The SMILES string of the molecule is CC(N)C1CCCCN1C(=O)NC1CCCC1. The van der Waals surface area contributed by atoms with Crippen LogP contribution in [0.3, 0.4) is 0 Å². The molecule has 1 aliphatic heterocycles. The summed E-state index contributed by atoms with van der Waals surface area (Å²) >= 11 is 0. The molecule has 0 aromatic rings. The van der Waals surface area contributed by atoms with Gasteiger partial charge in [0, 0.05) is 24.7 Å². The molecule has 1 aliphatic carbocycles. The van der Waals surface area contributed by atoms with E-state index in [4.69, 9.17) is 5.73 Å². The van der Waals surface area contributed by atoms with Gasteiger partial charge in [0.2, 0.25) is 0 Å². The van der Waals surface area contributed by atoms with Crippen molar-refractivity contribution in [3.8, 4) is 0 Å². The van der Waals surface area contributed by atoms with E-state index in [1.54, 1.807) is 0 Å². The molecule has 3 N–H and O–H groups in total. The van der Waals surface area contributed by atoms with Gasteiger partial charge in [0.25, 0.3) is 0 Å². The topological polar surface area (TPSA) is 58.4 Å². The van der Waals surface area contributed by atoms with Crippen molar-refractivity contribution in [1.82, 2.24) is 10.2 Å². The van der Waals surface area contributed by atoms with Crippen LogP contribution in [0.25, 0.3) is 0 Å². The molecule has 2 atom stereocenters. The number of rotatable bonds is 2. The van der Waals surface area contributed by atoms with Gasteiger partial charge < -0.3 is 16.0 Å². The van der Waals surface area contributed by atoms with E-state index in [2.05, 4.69) is 5.32 Å². The zero-order valence-electron chi connectivity index (χ0n) is 10.8. The number of nitrogens with one attached hydrogen (secondary N) is 1. The fraction of sp³-hybridized carbons (Fsp3) is 0.923. The average molecular weight is 239 g/mol. The molecule has 1 heterocycles. The lowest BCUT2D eigenvalue weighted by molar-refractivity contribution is 0.137. The van der Waals surface area contributed by atoms with Crippen molar-refractivity contribution < 1.29 is 4.79 Å². The van der Waals surface area contributed by atoms with Crippen LogP contribution in [0.2, 0.25) is 0 Å². The Hall–Kier alpha value is -0.770. The number of amides is 2. The van der Waals surface area contributed by atoms with Crippen molar-refractivity contribution in [2.45, 2.75) is 70.0 Å². The minimum absolute atomic E-state index is 0.0737. The summed E-state index contributed by atoms with van der Waals surface area (Å²) in [4.78, 5) is 14.2. The molecule has 1 saturated carbocycles. The molecular weight excluding hydrogens is 214 g/mol. The van der Waals surface area contributed by atoms with Gasteiger partial charge in [-0.15, -0.1) is 0 Å². The number of carbonyl (C=O) groups is 1. The van der Waals surface area contributed by atoms with Gasteiger partial charge in [0.05, 0.1) is 0 Å². The third kappa shape index (κ3) is 3.12. The summed E-state index contributed by atoms with van der Waals surface area (Å²) in [5.74, 6) is 0. The first-order valence-electron chi connectivity index (χ1n) is 7.01. The molecule has 0 spiro atoms. The number of carbonyl (C=O) groups excluding carboxylic acids is 1. The lowest BCUT2D eigenvalue weighted by Gasteiger charge is -2.38. The first-order valence-corrected chi connectivity index (χ1v) is 7.01. The zero-order chi connectivity index (χ0) is 12.3. The highest BCUT2D eigenvalue weighted by atomic mass is 16.2. The molecule has 98 valence electrons. The van der Waals surface area contributed by atoms with E-state index in [0.29, 0.717) is 6.04 Å². The monoisotopic (exact) mass is 239 g/mol. The van der Waals surface area contributed by atoms with Crippen LogP contribution >= 0.6 is 0 Å². The summed E-state index contributed by atoms with van der Waals surface area (Å²) in [7, 11) is 0. The maximum atomic E-state index is 12.2. The highest BCUT2D eigenvalue weighted by molar-refractivity contribution is 5.75. The molecule has 0 aromatic carbocycles. The lowest BCUT2D eigenvalue weighted by atomic mass is 9.97. The normalized spacial score (nSPS) is 28.1. The summed E-state index contributed by atoms with van der Waals surface area (Å²) in [5.41, 5.74) is 5.98. The summed E-state index contributed by atoms with van der Waals surface area (Å²) in [5, 5.41) is 3.16. The largest absolute Gasteiger partial charge is 0.335 e. The van der Waals surface area contributed by atoms with Crippen LogP contribution in [0.5, 0.6) is 0 Å². The second-order valence-electron chi connectivity index (χ2n) is 5.55. The Kier molecular flexibility index (Phi) is 4.26. The first kappa shape index (κ1) is 12.7. The Bertz CT molecular complexity index is 261. The van der Waals surface area contributed by atoms with E-state index in [9.17, 15) is 4.79 Å². The quantitative estimate of drug-likeness (QED) is 0.772. The summed E-state index contributed by atoms with van der Waals surface area (Å²) in [6.07, 6.45) is 8.14. The predicted molar refractivity (Wildman–Crippen MR) is 68.8 cm³/mol. The second kappa shape index (κ2) is 5.71. The molecule has 2 aliphatic rings. The van der Waals surface area contributed by atoms with E-state index >= 15 is 0 Å². The van der Waals surface area contributed by atoms with E-state index in [0.717, 1.165) is 32.2 Å². The summed E-state index contributed by atoms with van der Waals surface area (Å²) in [6.45, 7) is 2.87. The first-order chi connectivity index (χ1) is 8.18. The van der Waals surface area contributed by atoms with Crippen LogP contribution in [0, 0.1) is 0 Å². The molecule has 4 heteroatoms. The number of nitrogens with two attached hydrogens (primary N) is 1. The molecule has 17 heavy (non-hydrogen) atoms. The summed E-state index contributed by atoms with van der Waals surface area (Å²) in [6, 6.07) is 0.812. The smallest absolute Gasteiger partial charge is 0.317 e. The van der Waals surface area contributed by atoms with Gasteiger partial charge in [-0.3, -0.25) is 0 Å². The van der Waals surface area contributed by atoms with Crippen molar-refractivity contribution in [3.05, 3.63) is 0 Å². The Morgan fingerprint density at radius 3 is 2.53 bits per heavy atom. The van der Waals surface area contributed by atoms with Crippen LogP contribution in [0.1, 0.15) is 51.9 Å². The second-order valence-corrected chi connectivity index (χ2v) is 5.55. The van der Waals surface area contributed by atoms with Crippen molar-refractivity contribution in [3.63, 3.8) is 0 Å². The van der Waals surface area contributed by atoms with Crippen LogP contribution in [-0.2, 0) is 0 Å². The number of nitrogens with zero attached hydrogens (tertiary/aromatic N) is 1. The van der Waals surface area contributed by atoms with E-state index < -0.39 is 0 Å². The number of hydrogen-bond acceptors (Lipinski definition) is 2. The van der Waals surface area contributed by atoms with Gasteiger partial charge in [-0.2, -0.15) is 0 Å². The molecule has 1 saturated heterocycles. The molecule has 2 rings (SSSR count). The van der Waals surface area contributed by atoms with Crippen molar-refractivity contribution >= 4 is 6.03 Å². The molecule has 0 bridgehead atoms. The van der Waals surface area contributed by atoms with Gasteiger partial charge in [0.15, 0.2) is 0 Å². The van der Waals surface area contributed by atoms with Crippen LogP contribution in [-0.4, -0.2) is 35.6 Å². The van der Waals surface area contributed by atoms with E-state index in [1.807, 2.05) is 11.8 Å². The molecular formula is C13H25N3O. The average Bonchev–Trinajstić information content (AvgIpc) is 2.81. The third-order valence-corrected chi connectivity index (χ3v) is 4.10. The minimum atomic E-state index is 0.0737. The number of likely N-dealkylation sites (tertiary alicyclic amines) is 1. The molecule has 2 unspecified atom stereocenters. The highest BCUT2D eigenvalue weighted by Gasteiger charge is 2.30. The summed E-state index contributed by atoms with van der Waals surface area (Å²) < 4.78 is 0. The van der Waals surface area contributed by atoms with Crippen molar-refractivity contribution in [2.75, 3.05) is 6.54 Å². The van der Waals surface area contributed by atoms with Gasteiger partial charge in [-0.1, -0.05) is 12.8 Å². The predicted octanol–water partition coefficient (Wildman–Crippen LogP) is 1.84. The number of hydrogen-bond donors (Lipinski definition) is 2. The van der Waals surface area contributed by atoms with Crippen molar-refractivity contribution in [2.24, 2.45) is 5.73 Å². The molecule has 2 fully saturated rings.